The van der Waals surface area contributed by atoms with Gasteiger partial charge >= 0.3 is 0 Å². The summed E-state index contributed by atoms with van der Waals surface area (Å²) in [5.74, 6) is 0.870. The maximum atomic E-state index is 9.51. The van der Waals surface area contributed by atoms with Gasteiger partial charge in [-0.05, 0) is 38.1 Å². The predicted molar refractivity (Wildman–Crippen MR) is 69.5 cm³/mol. The van der Waals surface area contributed by atoms with Gasteiger partial charge in [-0.15, -0.1) is 0 Å². The second-order valence-corrected chi connectivity index (χ2v) is 4.36. The van der Waals surface area contributed by atoms with Crippen molar-refractivity contribution in [2.45, 2.75) is 32.9 Å². The van der Waals surface area contributed by atoms with E-state index in [4.69, 9.17) is 4.74 Å². The molecule has 0 bridgehead atoms. The summed E-state index contributed by atoms with van der Waals surface area (Å²) >= 11 is 0. The fourth-order valence-electron chi connectivity index (χ4n) is 2.28. The molecule has 1 atom stereocenters. The Morgan fingerprint density at radius 1 is 1.35 bits per heavy atom. The number of hydrogen-bond donors (Lipinski definition) is 1. The van der Waals surface area contributed by atoms with Crippen LogP contribution in [0.5, 0.6) is 5.75 Å². The number of nitrogens with zero attached hydrogens (tertiary/aromatic N) is 1. The molecule has 0 fully saturated rings. The van der Waals surface area contributed by atoms with Crippen LogP contribution in [0.15, 0.2) is 24.3 Å². The van der Waals surface area contributed by atoms with Crippen LogP contribution in [-0.4, -0.2) is 22.9 Å². The van der Waals surface area contributed by atoms with E-state index in [0.29, 0.717) is 6.42 Å². The van der Waals surface area contributed by atoms with Crippen molar-refractivity contribution in [3.63, 3.8) is 0 Å². The Kier molecular flexibility index (Phi) is 3.38. The topological polar surface area (TPSA) is 34.4 Å². The minimum atomic E-state index is -0.313. The molecule has 1 aromatic heterocycles. The second-order valence-electron chi connectivity index (χ2n) is 4.36. The molecule has 1 heterocycles. The Morgan fingerprint density at radius 3 is 2.71 bits per heavy atom. The highest BCUT2D eigenvalue weighted by Gasteiger charge is 2.10. The van der Waals surface area contributed by atoms with E-state index in [1.54, 1.807) is 7.11 Å². The number of rotatable bonds is 4. The Balaban J connectivity index is 2.53. The highest BCUT2D eigenvalue weighted by molar-refractivity contribution is 5.83. The van der Waals surface area contributed by atoms with Crippen molar-refractivity contribution in [2.24, 2.45) is 0 Å². The highest BCUT2D eigenvalue weighted by Crippen LogP contribution is 2.25. The highest BCUT2D eigenvalue weighted by atomic mass is 16.5. The molecule has 0 aliphatic rings. The van der Waals surface area contributed by atoms with Gasteiger partial charge < -0.3 is 14.4 Å². The van der Waals surface area contributed by atoms with Gasteiger partial charge in [0.25, 0.3) is 0 Å². The van der Waals surface area contributed by atoms with E-state index >= 15 is 0 Å². The second kappa shape index (κ2) is 4.80. The molecule has 1 aromatic carbocycles. The third kappa shape index (κ3) is 2.29. The SMILES string of the molecule is CCn1c(CC(C)O)cc2cc(OC)ccc21. The van der Waals surface area contributed by atoms with Crippen molar-refractivity contribution in [3.8, 4) is 5.75 Å². The predicted octanol–water partition coefficient (Wildman–Crippen LogP) is 2.59. The first kappa shape index (κ1) is 12.0. The van der Waals surface area contributed by atoms with Gasteiger partial charge in [-0.1, -0.05) is 0 Å². The maximum Gasteiger partial charge on any atom is 0.119 e. The molecule has 0 radical (unpaired) electrons. The summed E-state index contributed by atoms with van der Waals surface area (Å²) in [6.45, 7) is 4.85. The molecule has 0 amide bonds. The van der Waals surface area contributed by atoms with Crippen molar-refractivity contribution in [2.75, 3.05) is 7.11 Å². The molecule has 2 aromatic rings. The molecule has 0 spiro atoms. The number of aryl methyl sites for hydroxylation is 1. The van der Waals surface area contributed by atoms with E-state index in [9.17, 15) is 5.11 Å². The lowest BCUT2D eigenvalue weighted by Crippen LogP contribution is -2.09. The molecule has 2 rings (SSSR count). The third-order valence-corrected chi connectivity index (χ3v) is 3.02. The first-order chi connectivity index (χ1) is 8.15. The number of hydrogen-bond acceptors (Lipinski definition) is 2. The van der Waals surface area contributed by atoms with Gasteiger partial charge in [-0.3, -0.25) is 0 Å². The molecular formula is C14H19NO2. The van der Waals surface area contributed by atoms with Crippen molar-refractivity contribution in [3.05, 3.63) is 30.0 Å². The van der Waals surface area contributed by atoms with Crippen LogP contribution in [0.2, 0.25) is 0 Å². The standard InChI is InChI=1S/C14H19NO2/c1-4-15-12(7-10(2)16)8-11-9-13(17-3)5-6-14(11)15/h5-6,8-10,16H,4,7H2,1-3H3. The van der Waals surface area contributed by atoms with Crippen LogP contribution < -0.4 is 4.74 Å². The molecule has 0 saturated heterocycles. The molecule has 0 aliphatic carbocycles. The summed E-state index contributed by atoms with van der Waals surface area (Å²) in [6.07, 6.45) is 0.372. The summed E-state index contributed by atoms with van der Waals surface area (Å²) in [5.41, 5.74) is 2.37. The number of aliphatic hydroxyl groups excluding tert-OH is 1. The fraction of sp³-hybridized carbons (Fsp3) is 0.429. The monoisotopic (exact) mass is 233 g/mol. The van der Waals surface area contributed by atoms with Crippen LogP contribution in [0.3, 0.4) is 0 Å². The number of ether oxygens (including phenoxy) is 1. The number of methoxy groups -OCH3 is 1. The lowest BCUT2D eigenvalue weighted by Gasteiger charge is -2.09. The number of aromatic nitrogens is 1. The van der Waals surface area contributed by atoms with Crippen LogP contribution in [0, 0.1) is 0 Å². The normalized spacial score (nSPS) is 12.9. The van der Waals surface area contributed by atoms with Crippen LogP contribution in [0.25, 0.3) is 10.9 Å². The maximum absolute atomic E-state index is 9.51. The summed E-state index contributed by atoms with van der Waals surface area (Å²) in [5, 5.41) is 10.7. The quantitative estimate of drug-likeness (QED) is 0.880. The van der Waals surface area contributed by atoms with Crippen molar-refractivity contribution >= 4 is 10.9 Å². The van der Waals surface area contributed by atoms with E-state index in [2.05, 4.69) is 23.6 Å². The van der Waals surface area contributed by atoms with Crippen molar-refractivity contribution < 1.29 is 9.84 Å². The van der Waals surface area contributed by atoms with E-state index in [1.165, 1.54) is 16.6 Å². The van der Waals surface area contributed by atoms with Gasteiger partial charge in [-0.2, -0.15) is 0 Å². The molecule has 17 heavy (non-hydrogen) atoms. The molecule has 92 valence electrons. The van der Waals surface area contributed by atoms with E-state index in [1.807, 2.05) is 19.1 Å². The Hall–Kier alpha value is -1.48. The van der Waals surface area contributed by atoms with Crippen LogP contribution in [0.1, 0.15) is 19.5 Å². The molecular weight excluding hydrogens is 214 g/mol. The van der Waals surface area contributed by atoms with Gasteiger partial charge in [0.05, 0.1) is 13.2 Å². The Morgan fingerprint density at radius 2 is 2.12 bits per heavy atom. The van der Waals surface area contributed by atoms with Crippen LogP contribution in [0.4, 0.5) is 0 Å². The first-order valence-corrected chi connectivity index (χ1v) is 6.00. The Labute approximate surface area is 102 Å². The first-order valence-electron chi connectivity index (χ1n) is 6.00. The van der Waals surface area contributed by atoms with Crippen molar-refractivity contribution in [1.82, 2.24) is 4.57 Å². The van der Waals surface area contributed by atoms with Gasteiger partial charge in [0.15, 0.2) is 0 Å². The zero-order valence-corrected chi connectivity index (χ0v) is 10.6. The Bertz CT molecular complexity index is 514. The number of aliphatic hydroxyl groups is 1. The number of fused-ring (bicyclic) bond motifs is 1. The molecule has 0 saturated carbocycles. The molecule has 3 nitrogen and oxygen atoms in total. The molecule has 1 N–H and O–H groups in total. The zero-order valence-electron chi connectivity index (χ0n) is 10.6. The van der Waals surface area contributed by atoms with E-state index in [-0.39, 0.29) is 6.10 Å². The van der Waals surface area contributed by atoms with Gasteiger partial charge in [0.2, 0.25) is 0 Å². The third-order valence-electron chi connectivity index (χ3n) is 3.02. The minimum absolute atomic E-state index is 0.313. The fourth-order valence-corrected chi connectivity index (χ4v) is 2.28. The summed E-state index contributed by atoms with van der Waals surface area (Å²) in [6, 6.07) is 8.21. The minimum Gasteiger partial charge on any atom is -0.497 e. The smallest absolute Gasteiger partial charge is 0.119 e. The zero-order chi connectivity index (χ0) is 12.4. The lowest BCUT2D eigenvalue weighted by atomic mass is 10.2. The van der Waals surface area contributed by atoms with Crippen LogP contribution >= 0.6 is 0 Å². The molecule has 3 heteroatoms. The average molecular weight is 233 g/mol. The molecule has 0 aliphatic heterocycles. The lowest BCUT2D eigenvalue weighted by molar-refractivity contribution is 0.193. The van der Waals surface area contributed by atoms with Gasteiger partial charge in [-0.25, -0.2) is 0 Å². The molecule has 1 unspecified atom stereocenters. The van der Waals surface area contributed by atoms with Gasteiger partial charge in [0, 0.05) is 29.6 Å². The largest absolute Gasteiger partial charge is 0.497 e. The van der Waals surface area contributed by atoms with Crippen molar-refractivity contribution in [1.29, 1.82) is 0 Å². The van der Waals surface area contributed by atoms with E-state index < -0.39 is 0 Å². The summed E-state index contributed by atoms with van der Waals surface area (Å²) in [4.78, 5) is 0. The summed E-state index contributed by atoms with van der Waals surface area (Å²) < 4.78 is 7.47. The van der Waals surface area contributed by atoms with E-state index in [0.717, 1.165) is 12.3 Å². The average Bonchev–Trinajstić information content (AvgIpc) is 2.63. The summed E-state index contributed by atoms with van der Waals surface area (Å²) in [7, 11) is 1.68. The number of benzene rings is 1. The van der Waals surface area contributed by atoms with Gasteiger partial charge in [0.1, 0.15) is 5.75 Å². The van der Waals surface area contributed by atoms with Crippen LogP contribution in [-0.2, 0) is 13.0 Å².